The molecule has 106 valence electrons. The Balaban J connectivity index is 2.21. The highest BCUT2D eigenvalue weighted by molar-refractivity contribution is 6.33. The zero-order chi connectivity index (χ0) is 14.4. The van der Waals surface area contributed by atoms with Gasteiger partial charge in [0, 0.05) is 22.3 Å². The number of halogens is 2. The van der Waals surface area contributed by atoms with E-state index in [1.54, 1.807) is 18.5 Å². The van der Waals surface area contributed by atoms with Crippen molar-refractivity contribution in [2.75, 3.05) is 6.54 Å². The zero-order valence-electron chi connectivity index (χ0n) is 11.3. The molecule has 1 unspecified atom stereocenters. The van der Waals surface area contributed by atoms with Gasteiger partial charge in [0.15, 0.2) is 0 Å². The van der Waals surface area contributed by atoms with Gasteiger partial charge in [-0.15, -0.1) is 0 Å². The minimum atomic E-state index is 0.154. The minimum absolute atomic E-state index is 0.154. The molecule has 0 radical (unpaired) electrons. The van der Waals surface area contributed by atoms with Gasteiger partial charge in [-0.2, -0.15) is 10.2 Å². The molecule has 0 spiro atoms. The van der Waals surface area contributed by atoms with Crippen LogP contribution in [0.1, 0.15) is 30.5 Å². The zero-order valence-corrected chi connectivity index (χ0v) is 12.8. The van der Waals surface area contributed by atoms with E-state index >= 15 is 0 Å². The van der Waals surface area contributed by atoms with Crippen molar-refractivity contribution in [3.63, 3.8) is 0 Å². The van der Waals surface area contributed by atoms with Gasteiger partial charge in [-0.25, -0.2) is 0 Å². The first kappa shape index (κ1) is 15.2. The van der Waals surface area contributed by atoms with Crippen molar-refractivity contribution in [3.8, 4) is 0 Å². The van der Waals surface area contributed by atoms with E-state index in [-0.39, 0.29) is 6.04 Å². The second kappa shape index (κ2) is 7.58. The van der Waals surface area contributed by atoms with E-state index in [1.165, 1.54) is 0 Å². The molecule has 0 saturated carbocycles. The second-order valence-corrected chi connectivity index (χ2v) is 5.47. The summed E-state index contributed by atoms with van der Waals surface area (Å²) in [4.78, 5) is 0. The van der Waals surface area contributed by atoms with Crippen molar-refractivity contribution >= 4 is 23.2 Å². The van der Waals surface area contributed by atoms with Gasteiger partial charge in [0.05, 0.1) is 6.20 Å². The molecule has 0 aliphatic carbocycles. The molecular formula is C15H17Cl2N3. The van der Waals surface area contributed by atoms with E-state index in [9.17, 15) is 0 Å². The van der Waals surface area contributed by atoms with Gasteiger partial charge in [-0.3, -0.25) is 0 Å². The Bertz CT molecular complexity index is 546. The van der Waals surface area contributed by atoms with Gasteiger partial charge in [0.1, 0.15) is 0 Å². The number of aromatic nitrogens is 2. The average Bonchev–Trinajstić information content (AvgIpc) is 2.48. The number of benzene rings is 1. The van der Waals surface area contributed by atoms with Crippen molar-refractivity contribution in [2.24, 2.45) is 0 Å². The lowest BCUT2D eigenvalue weighted by Crippen LogP contribution is -2.24. The Kier molecular flexibility index (Phi) is 5.77. The van der Waals surface area contributed by atoms with Crippen LogP contribution in [0.4, 0.5) is 0 Å². The summed E-state index contributed by atoms with van der Waals surface area (Å²) in [6.07, 6.45) is 5.32. The largest absolute Gasteiger partial charge is 0.310 e. The van der Waals surface area contributed by atoms with E-state index < -0.39 is 0 Å². The molecule has 0 fully saturated rings. The summed E-state index contributed by atoms with van der Waals surface area (Å²) in [6, 6.07) is 7.68. The number of hydrogen-bond donors (Lipinski definition) is 1. The highest BCUT2D eigenvalue weighted by atomic mass is 35.5. The van der Waals surface area contributed by atoms with Crippen LogP contribution in [0.25, 0.3) is 0 Å². The van der Waals surface area contributed by atoms with Crippen LogP contribution in [-0.2, 0) is 6.42 Å². The van der Waals surface area contributed by atoms with Crippen molar-refractivity contribution in [1.29, 1.82) is 0 Å². The van der Waals surface area contributed by atoms with Crippen LogP contribution in [0.3, 0.4) is 0 Å². The predicted octanol–water partition coefficient (Wildman–Crippen LogP) is 4.07. The molecule has 0 saturated heterocycles. The molecule has 1 aromatic heterocycles. The summed E-state index contributed by atoms with van der Waals surface area (Å²) < 4.78 is 0. The molecule has 2 rings (SSSR count). The molecule has 3 nitrogen and oxygen atoms in total. The summed E-state index contributed by atoms with van der Waals surface area (Å²) in [5.74, 6) is 0. The topological polar surface area (TPSA) is 37.8 Å². The van der Waals surface area contributed by atoms with Crippen LogP contribution in [-0.4, -0.2) is 16.7 Å². The second-order valence-electron chi connectivity index (χ2n) is 4.62. The predicted molar refractivity (Wildman–Crippen MR) is 83.2 cm³/mol. The lowest BCUT2D eigenvalue weighted by Gasteiger charge is -2.19. The number of nitrogens with zero attached hydrogens (tertiary/aromatic N) is 2. The minimum Gasteiger partial charge on any atom is -0.310 e. The molecule has 0 bridgehead atoms. The molecular weight excluding hydrogens is 293 g/mol. The summed E-state index contributed by atoms with van der Waals surface area (Å²) in [5, 5.41) is 12.7. The maximum atomic E-state index is 6.25. The molecule has 1 aromatic carbocycles. The lowest BCUT2D eigenvalue weighted by molar-refractivity contribution is 0.527. The van der Waals surface area contributed by atoms with Gasteiger partial charge in [0.2, 0.25) is 0 Å². The molecule has 0 aliphatic heterocycles. The summed E-state index contributed by atoms with van der Waals surface area (Å²) in [5.41, 5.74) is 2.13. The van der Waals surface area contributed by atoms with E-state index in [4.69, 9.17) is 23.2 Å². The van der Waals surface area contributed by atoms with Crippen molar-refractivity contribution in [2.45, 2.75) is 25.8 Å². The summed E-state index contributed by atoms with van der Waals surface area (Å²) in [7, 11) is 0. The third-order valence-corrected chi connectivity index (χ3v) is 3.69. The molecule has 2 aromatic rings. The summed E-state index contributed by atoms with van der Waals surface area (Å²) >= 11 is 12.3. The third-order valence-electron chi connectivity index (χ3n) is 3.08. The lowest BCUT2D eigenvalue weighted by atomic mass is 10.0. The third kappa shape index (κ3) is 4.17. The first-order valence-electron chi connectivity index (χ1n) is 6.64. The fourth-order valence-electron chi connectivity index (χ4n) is 2.05. The Morgan fingerprint density at radius 2 is 2.05 bits per heavy atom. The quantitative estimate of drug-likeness (QED) is 0.874. The highest BCUT2D eigenvalue weighted by Crippen LogP contribution is 2.26. The molecule has 0 amide bonds. The molecule has 5 heteroatoms. The van der Waals surface area contributed by atoms with Crippen molar-refractivity contribution < 1.29 is 0 Å². The van der Waals surface area contributed by atoms with Crippen LogP contribution in [0.15, 0.2) is 36.7 Å². The van der Waals surface area contributed by atoms with Crippen molar-refractivity contribution in [3.05, 3.63) is 57.8 Å². The standard InChI is InChI=1S/C15H17Cl2N3/c1-2-6-18-15(11-5-7-19-20-10-11)9-12-8-13(16)3-4-14(12)17/h3-5,7-8,10,15,18H,2,6,9H2,1H3. The van der Waals surface area contributed by atoms with Gasteiger partial charge in [0.25, 0.3) is 0 Å². The van der Waals surface area contributed by atoms with Crippen LogP contribution in [0.2, 0.25) is 10.0 Å². The number of nitrogens with one attached hydrogen (secondary N) is 1. The van der Waals surface area contributed by atoms with Crippen LogP contribution < -0.4 is 5.32 Å². The van der Waals surface area contributed by atoms with Gasteiger partial charge in [-0.1, -0.05) is 30.1 Å². The monoisotopic (exact) mass is 309 g/mol. The first-order chi connectivity index (χ1) is 9.70. The van der Waals surface area contributed by atoms with Gasteiger partial charge >= 0.3 is 0 Å². The molecule has 20 heavy (non-hydrogen) atoms. The normalized spacial score (nSPS) is 12.3. The Morgan fingerprint density at radius 3 is 2.75 bits per heavy atom. The Hall–Kier alpha value is -1.16. The smallest absolute Gasteiger partial charge is 0.0544 e. The van der Waals surface area contributed by atoms with E-state index in [2.05, 4.69) is 22.4 Å². The number of hydrogen-bond acceptors (Lipinski definition) is 3. The van der Waals surface area contributed by atoms with Crippen LogP contribution in [0, 0.1) is 0 Å². The van der Waals surface area contributed by atoms with Gasteiger partial charge < -0.3 is 5.32 Å². The van der Waals surface area contributed by atoms with E-state index in [0.717, 1.165) is 35.5 Å². The molecule has 1 N–H and O–H groups in total. The van der Waals surface area contributed by atoms with Crippen molar-refractivity contribution in [1.82, 2.24) is 15.5 Å². The number of rotatable bonds is 6. The fourth-order valence-corrected chi connectivity index (χ4v) is 2.44. The van der Waals surface area contributed by atoms with Crippen LogP contribution in [0.5, 0.6) is 0 Å². The highest BCUT2D eigenvalue weighted by Gasteiger charge is 2.14. The Labute approximate surface area is 129 Å². The van der Waals surface area contributed by atoms with E-state index in [0.29, 0.717) is 5.02 Å². The summed E-state index contributed by atoms with van der Waals surface area (Å²) in [6.45, 7) is 3.08. The maximum Gasteiger partial charge on any atom is 0.0544 e. The first-order valence-corrected chi connectivity index (χ1v) is 7.40. The Morgan fingerprint density at radius 1 is 1.20 bits per heavy atom. The van der Waals surface area contributed by atoms with Gasteiger partial charge in [-0.05, 0) is 54.8 Å². The molecule has 1 atom stereocenters. The SMILES string of the molecule is CCCNC(Cc1cc(Cl)ccc1Cl)c1ccnnc1. The fraction of sp³-hybridized carbons (Fsp3) is 0.333. The van der Waals surface area contributed by atoms with Crippen LogP contribution >= 0.6 is 23.2 Å². The van der Waals surface area contributed by atoms with E-state index in [1.807, 2.05) is 18.2 Å². The average molecular weight is 310 g/mol. The maximum absolute atomic E-state index is 6.25. The molecule has 1 heterocycles. The molecule has 0 aliphatic rings.